The molecule has 0 spiro atoms. The van der Waals surface area contributed by atoms with E-state index in [2.05, 4.69) is 9.97 Å². The van der Waals surface area contributed by atoms with Crippen molar-refractivity contribution in [1.29, 1.82) is 0 Å². The Bertz CT molecular complexity index is 1120. The van der Waals surface area contributed by atoms with E-state index in [1.54, 1.807) is 0 Å². The van der Waals surface area contributed by atoms with Gasteiger partial charge in [0.25, 0.3) is 0 Å². The lowest BCUT2D eigenvalue weighted by Crippen LogP contribution is -2.04. The normalized spacial score (nSPS) is 11.7. The molecule has 4 aromatic rings. The van der Waals surface area contributed by atoms with Crippen LogP contribution >= 0.6 is 0 Å². The Morgan fingerprint density at radius 3 is 2.39 bits per heavy atom. The molecule has 3 aromatic carbocycles. The number of imidazole rings is 1. The number of aromatic nitrogens is 2. The van der Waals surface area contributed by atoms with Crippen LogP contribution in [0.1, 0.15) is 11.4 Å². The number of H-pyrrole nitrogens is 1. The van der Waals surface area contributed by atoms with Gasteiger partial charge in [-0.2, -0.15) is 13.2 Å². The van der Waals surface area contributed by atoms with Crippen molar-refractivity contribution < 1.29 is 17.9 Å². The van der Waals surface area contributed by atoms with Crippen molar-refractivity contribution in [2.75, 3.05) is 5.73 Å². The first kappa shape index (κ1) is 17.9. The zero-order chi connectivity index (χ0) is 19.7. The number of hydrogen-bond donors (Lipinski definition) is 2. The molecule has 28 heavy (non-hydrogen) atoms. The molecular formula is C21H16F3N3O. The molecule has 4 rings (SSSR count). The van der Waals surface area contributed by atoms with Crippen molar-refractivity contribution >= 4 is 16.7 Å². The van der Waals surface area contributed by atoms with E-state index in [0.29, 0.717) is 17.3 Å². The van der Waals surface area contributed by atoms with Crippen LogP contribution in [0.3, 0.4) is 0 Å². The summed E-state index contributed by atoms with van der Waals surface area (Å²) in [6.07, 6.45) is -4.36. The number of nitrogen functional groups attached to an aromatic ring is 1. The van der Waals surface area contributed by atoms with E-state index in [4.69, 9.17) is 10.5 Å². The monoisotopic (exact) mass is 383 g/mol. The van der Waals surface area contributed by atoms with Gasteiger partial charge in [0.05, 0.1) is 16.6 Å². The number of halogens is 3. The SMILES string of the molecule is Nc1cccc(-c2ccc3nc(COc4ccc(C(F)(F)F)cc4)[nH]c3c2)c1. The van der Waals surface area contributed by atoms with Gasteiger partial charge in [0.15, 0.2) is 0 Å². The molecule has 7 heteroatoms. The smallest absolute Gasteiger partial charge is 0.416 e. The first-order valence-electron chi connectivity index (χ1n) is 8.53. The third-order valence-corrected chi connectivity index (χ3v) is 4.31. The number of fused-ring (bicyclic) bond motifs is 1. The van der Waals surface area contributed by atoms with Gasteiger partial charge < -0.3 is 15.5 Å². The fourth-order valence-corrected chi connectivity index (χ4v) is 2.92. The van der Waals surface area contributed by atoms with E-state index in [-0.39, 0.29) is 6.61 Å². The Balaban J connectivity index is 1.50. The largest absolute Gasteiger partial charge is 0.486 e. The van der Waals surface area contributed by atoms with Crippen LogP contribution in [0.5, 0.6) is 5.75 Å². The van der Waals surface area contributed by atoms with Crippen molar-refractivity contribution in [3.63, 3.8) is 0 Å². The first-order valence-corrected chi connectivity index (χ1v) is 8.53. The molecule has 1 heterocycles. The summed E-state index contributed by atoms with van der Waals surface area (Å²) in [5.74, 6) is 0.925. The lowest BCUT2D eigenvalue weighted by molar-refractivity contribution is -0.137. The second-order valence-corrected chi connectivity index (χ2v) is 6.35. The van der Waals surface area contributed by atoms with Crippen molar-refractivity contribution in [3.8, 4) is 16.9 Å². The standard InChI is InChI=1S/C21H16F3N3O/c22-21(23,24)15-5-7-17(8-6-15)28-12-20-26-18-9-4-14(11-19(18)27-20)13-2-1-3-16(25)10-13/h1-11H,12,25H2,(H,26,27). The summed E-state index contributed by atoms with van der Waals surface area (Å²) in [5, 5.41) is 0. The molecule has 0 aliphatic carbocycles. The van der Waals surface area contributed by atoms with Gasteiger partial charge in [0, 0.05) is 5.69 Å². The zero-order valence-electron chi connectivity index (χ0n) is 14.6. The molecule has 3 N–H and O–H groups in total. The number of alkyl halides is 3. The minimum atomic E-state index is -4.36. The van der Waals surface area contributed by atoms with Crippen LogP contribution in [-0.2, 0) is 12.8 Å². The van der Waals surface area contributed by atoms with Crippen LogP contribution in [0.25, 0.3) is 22.2 Å². The van der Waals surface area contributed by atoms with E-state index in [1.807, 2.05) is 42.5 Å². The summed E-state index contributed by atoms with van der Waals surface area (Å²) < 4.78 is 43.4. The number of rotatable bonds is 4. The third-order valence-electron chi connectivity index (χ3n) is 4.31. The molecular weight excluding hydrogens is 367 g/mol. The Morgan fingerprint density at radius 1 is 0.929 bits per heavy atom. The molecule has 1 aromatic heterocycles. The van der Waals surface area contributed by atoms with Gasteiger partial charge in [0.2, 0.25) is 0 Å². The van der Waals surface area contributed by atoms with Crippen molar-refractivity contribution in [2.24, 2.45) is 0 Å². The van der Waals surface area contributed by atoms with E-state index in [0.717, 1.165) is 34.3 Å². The molecule has 0 fully saturated rings. The molecule has 0 aliphatic rings. The highest BCUT2D eigenvalue weighted by Gasteiger charge is 2.30. The Kier molecular flexibility index (Phi) is 4.43. The summed E-state index contributed by atoms with van der Waals surface area (Å²) in [4.78, 5) is 7.63. The van der Waals surface area contributed by atoms with E-state index in [1.165, 1.54) is 12.1 Å². The van der Waals surface area contributed by atoms with Gasteiger partial charge in [-0.1, -0.05) is 18.2 Å². The van der Waals surface area contributed by atoms with Gasteiger partial charge in [-0.05, 0) is 59.7 Å². The first-order chi connectivity index (χ1) is 13.4. The number of nitrogens with zero attached hydrogens (tertiary/aromatic N) is 1. The summed E-state index contributed by atoms with van der Waals surface area (Å²) in [7, 11) is 0. The molecule has 0 amide bonds. The quantitative estimate of drug-likeness (QED) is 0.463. The predicted octanol–water partition coefficient (Wildman–Crippen LogP) is 5.41. The maximum atomic E-state index is 12.6. The fraction of sp³-hybridized carbons (Fsp3) is 0.0952. The maximum Gasteiger partial charge on any atom is 0.416 e. The van der Waals surface area contributed by atoms with Crippen molar-refractivity contribution in [1.82, 2.24) is 9.97 Å². The highest BCUT2D eigenvalue weighted by atomic mass is 19.4. The number of hydrogen-bond acceptors (Lipinski definition) is 3. The summed E-state index contributed by atoms with van der Waals surface area (Å²) in [6, 6.07) is 18.0. The third kappa shape index (κ3) is 3.78. The average molecular weight is 383 g/mol. The highest BCUT2D eigenvalue weighted by molar-refractivity contribution is 5.82. The van der Waals surface area contributed by atoms with Gasteiger partial charge >= 0.3 is 6.18 Å². The molecule has 0 bridgehead atoms. The second kappa shape index (κ2) is 6.92. The number of benzene rings is 3. The van der Waals surface area contributed by atoms with Crippen LogP contribution < -0.4 is 10.5 Å². The Labute approximate surface area is 158 Å². The lowest BCUT2D eigenvalue weighted by Gasteiger charge is -2.08. The number of anilines is 1. The topological polar surface area (TPSA) is 63.9 Å². The minimum Gasteiger partial charge on any atom is -0.486 e. The van der Waals surface area contributed by atoms with Crippen LogP contribution in [0.4, 0.5) is 18.9 Å². The van der Waals surface area contributed by atoms with E-state index in [9.17, 15) is 13.2 Å². The van der Waals surface area contributed by atoms with Gasteiger partial charge in [-0.3, -0.25) is 0 Å². The van der Waals surface area contributed by atoms with Crippen LogP contribution in [-0.4, -0.2) is 9.97 Å². The Morgan fingerprint density at radius 2 is 1.68 bits per heavy atom. The molecule has 0 radical (unpaired) electrons. The van der Waals surface area contributed by atoms with E-state index < -0.39 is 11.7 Å². The Hall–Kier alpha value is -3.48. The minimum absolute atomic E-state index is 0.119. The average Bonchev–Trinajstić information content (AvgIpc) is 3.08. The molecule has 142 valence electrons. The van der Waals surface area contributed by atoms with Gasteiger partial charge in [0.1, 0.15) is 18.2 Å². The molecule has 0 aliphatic heterocycles. The maximum absolute atomic E-state index is 12.6. The molecule has 0 unspecified atom stereocenters. The van der Waals surface area contributed by atoms with Gasteiger partial charge in [-0.25, -0.2) is 4.98 Å². The predicted molar refractivity (Wildman–Crippen MR) is 102 cm³/mol. The fourth-order valence-electron chi connectivity index (χ4n) is 2.92. The number of aromatic amines is 1. The lowest BCUT2D eigenvalue weighted by atomic mass is 10.0. The van der Waals surface area contributed by atoms with Crippen molar-refractivity contribution in [2.45, 2.75) is 12.8 Å². The van der Waals surface area contributed by atoms with Crippen LogP contribution in [0.15, 0.2) is 66.7 Å². The second-order valence-electron chi connectivity index (χ2n) is 6.35. The molecule has 0 saturated carbocycles. The van der Waals surface area contributed by atoms with Gasteiger partial charge in [-0.15, -0.1) is 0 Å². The summed E-state index contributed by atoms with van der Waals surface area (Å²) in [5.41, 5.74) is 9.43. The summed E-state index contributed by atoms with van der Waals surface area (Å²) in [6.45, 7) is 0.119. The zero-order valence-corrected chi connectivity index (χ0v) is 14.6. The summed E-state index contributed by atoms with van der Waals surface area (Å²) >= 11 is 0. The molecule has 0 atom stereocenters. The number of nitrogens with two attached hydrogens (primary N) is 1. The van der Waals surface area contributed by atoms with Crippen LogP contribution in [0, 0.1) is 0 Å². The van der Waals surface area contributed by atoms with Crippen molar-refractivity contribution in [3.05, 3.63) is 78.1 Å². The number of nitrogens with one attached hydrogen (secondary N) is 1. The van der Waals surface area contributed by atoms with Crippen LogP contribution in [0.2, 0.25) is 0 Å². The molecule has 0 saturated heterocycles. The highest BCUT2D eigenvalue weighted by Crippen LogP contribution is 2.30. The van der Waals surface area contributed by atoms with E-state index >= 15 is 0 Å². The number of ether oxygens (including phenoxy) is 1. The molecule has 4 nitrogen and oxygen atoms in total.